The molecule has 0 radical (unpaired) electrons. The average molecular weight is 296 g/mol. The lowest BCUT2D eigenvalue weighted by Gasteiger charge is -2.21. The summed E-state index contributed by atoms with van der Waals surface area (Å²) in [4.78, 5) is 37.6. The Morgan fingerprint density at radius 1 is 1.45 bits per heavy atom. The minimum absolute atomic E-state index is 0.167. The summed E-state index contributed by atoms with van der Waals surface area (Å²) in [5, 5.41) is 11.5. The van der Waals surface area contributed by atoms with Gasteiger partial charge in [0.2, 0.25) is 5.91 Å². The molecule has 20 heavy (non-hydrogen) atoms. The maximum atomic E-state index is 12.0. The zero-order valence-electron chi connectivity index (χ0n) is 11.1. The van der Waals surface area contributed by atoms with Crippen molar-refractivity contribution in [2.24, 2.45) is 0 Å². The molecule has 1 aromatic heterocycles. The van der Waals surface area contributed by atoms with Crippen molar-refractivity contribution in [2.75, 3.05) is 13.1 Å². The van der Waals surface area contributed by atoms with Crippen molar-refractivity contribution in [3.8, 4) is 0 Å². The smallest absolute Gasteiger partial charge is 0.326 e. The van der Waals surface area contributed by atoms with E-state index >= 15 is 0 Å². The summed E-state index contributed by atoms with van der Waals surface area (Å²) < 4.78 is 0. The van der Waals surface area contributed by atoms with Crippen molar-refractivity contribution in [3.63, 3.8) is 0 Å². The number of hydrogen-bond acceptors (Lipinski definition) is 4. The van der Waals surface area contributed by atoms with E-state index in [1.165, 1.54) is 16.2 Å². The normalized spacial score (nSPS) is 18.1. The Kier molecular flexibility index (Phi) is 4.39. The first-order valence-corrected chi connectivity index (χ1v) is 7.17. The number of likely N-dealkylation sites (tertiary alicyclic amines) is 1. The van der Waals surface area contributed by atoms with Gasteiger partial charge in [-0.05, 0) is 31.9 Å². The van der Waals surface area contributed by atoms with Crippen LogP contribution in [-0.2, 0) is 9.59 Å². The van der Waals surface area contributed by atoms with Crippen molar-refractivity contribution < 1.29 is 19.5 Å². The van der Waals surface area contributed by atoms with Crippen molar-refractivity contribution >= 4 is 29.1 Å². The number of rotatable bonds is 4. The van der Waals surface area contributed by atoms with Gasteiger partial charge in [0.15, 0.2) is 0 Å². The summed E-state index contributed by atoms with van der Waals surface area (Å²) in [6.07, 6.45) is 1.15. The van der Waals surface area contributed by atoms with E-state index in [4.69, 9.17) is 5.11 Å². The molecule has 2 heterocycles. The quantitative estimate of drug-likeness (QED) is 0.863. The lowest BCUT2D eigenvalue weighted by atomic mass is 10.2. The van der Waals surface area contributed by atoms with Crippen LogP contribution in [0.2, 0.25) is 0 Å². The van der Waals surface area contributed by atoms with E-state index in [-0.39, 0.29) is 18.4 Å². The van der Waals surface area contributed by atoms with Crippen LogP contribution in [-0.4, -0.2) is 46.9 Å². The number of nitrogens with one attached hydrogen (secondary N) is 1. The van der Waals surface area contributed by atoms with Gasteiger partial charge < -0.3 is 15.3 Å². The second-order valence-electron chi connectivity index (χ2n) is 4.68. The summed E-state index contributed by atoms with van der Waals surface area (Å²) in [5.74, 6) is -1.64. The molecule has 0 aromatic carbocycles. The van der Waals surface area contributed by atoms with Gasteiger partial charge in [-0.15, -0.1) is 11.3 Å². The highest BCUT2D eigenvalue weighted by molar-refractivity contribution is 7.13. The van der Waals surface area contributed by atoms with Crippen LogP contribution in [0.4, 0.5) is 0 Å². The lowest BCUT2D eigenvalue weighted by molar-refractivity contribution is -0.147. The molecule has 2 rings (SSSR count). The molecule has 0 aliphatic carbocycles. The number of carboxylic acids is 1. The predicted octanol–water partition coefficient (Wildman–Crippen LogP) is 0.862. The molecular formula is C13H16N2O4S. The standard InChI is InChI=1S/C13H16N2O4S/c1-8-4-5-10(20-8)12(17)14-7-11(16)15-6-2-3-9(15)13(18)19/h4-5,9H,2-3,6-7H2,1H3,(H,14,17)(H,18,19)/t9-/m0/s1. The van der Waals surface area contributed by atoms with Gasteiger partial charge in [0.25, 0.3) is 5.91 Å². The van der Waals surface area contributed by atoms with E-state index in [0.717, 1.165) is 4.88 Å². The molecule has 1 aliphatic rings. The second kappa shape index (κ2) is 6.04. The number of amides is 2. The van der Waals surface area contributed by atoms with Gasteiger partial charge in [-0.1, -0.05) is 0 Å². The minimum atomic E-state index is -0.990. The molecule has 0 spiro atoms. The van der Waals surface area contributed by atoms with Crippen molar-refractivity contribution in [2.45, 2.75) is 25.8 Å². The number of aliphatic carboxylic acids is 1. The fraction of sp³-hybridized carbons (Fsp3) is 0.462. The third-order valence-electron chi connectivity index (χ3n) is 3.22. The topological polar surface area (TPSA) is 86.7 Å². The molecule has 6 nitrogen and oxygen atoms in total. The molecule has 1 aromatic rings. The SMILES string of the molecule is Cc1ccc(C(=O)NCC(=O)N2CCC[C@H]2C(=O)O)s1. The van der Waals surface area contributed by atoms with Crippen molar-refractivity contribution in [1.29, 1.82) is 0 Å². The summed E-state index contributed by atoms with van der Waals surface area (Å²) >= 11 is 1.35. The summed E-state index contributed by atoms with van der Waals surface area (Å²) in [5.41, 5.74) is 0. The van der Waals surface area contributed by atoms with Crippen LogP contribution in [0, 0.1) is 6.92 Å². The molecule has 2 N–H and O–H groups in total. The molecule has 7 heteroatoms. The highest BCUT2D eigenvalue weighted by Crippen LogP contribution is 2.17. The fourth-order valence-electron chi connectivity index (χ4n) is 2.22. The molecule has 2 amide bonds. The first-order chi connectivity index (χ1) is 9.49. The van der Waals surface area contributed by atoms with Gasteiger partial charge in [-0.3, -0.25) is 9.59 Å². The van der Waals surface area contributed by atoms with Gasteiger partial charge in [-0.25, -0.2) is 4.79 Å². The highest BCUT2D eigenvalue weighted by atomic mass is 32.1. The first kappa shape index (κ1) is 14.5. The lowest BCUT2D eigenvalue weighted by Crippen LogP contribution is -2.45. The van der Waals surface area contributed by atoms with Gasteiger partial charge in [0.05, 0.1) is 11.4 Å². The Bertz CT molecular complexity index is 540. The Balaban J connectivity index is 1.89. The van der Waals surface area contributed by atoms with Crippen molar-refractivity contribution in [3.05, 3.63) is 21.9 Å². The third kappa shape index (κ3) is 3.16. The molecular weight excluding hydrogens is 280 g/mol. The number of aryl methyl sites for hydroxylation is 1. The first-order valence-electron chi connectivity index (χ1n) is 6.36. The van der Waals surface area contributed by atoms with E-state index < -0.39 is 12.0 Å². The van der Waals surface area contributed by atoms with E-state index in [1.807, 2.05) is 13.0 Å². The zero-order valence-corrected chi connectivity index (χ0v) is 11.9. The molecule has 1 fully saturated rings. The largest absolute Gasteiger partial charge is 0.480 e. The van der Waals surface area contributed by atoms with Gasteiger partial charge >= 0.3 is 5.97 Å². The number of carbonyl (C=O) groups is 3. The van der Waals surface area contributed by atoms with E-state index in [2.05, 4.69) is 5.32 Å². The van der Waals surface area contributed by atoms with Crippen LogP contribution < -0.4 is 5.32 Å². The average Bonchev–Trinajstić information content (AvgIpc) is 3.03. The monoisotopic (exact) mass is 296 g/mol. The molecule has 1 saturated heterocycles. The van der Waals surface area contributed by atoms with Gasteiger partial charge in [0.1, 0.15) is 6.04 Å². The Labute approximate surface area is 120 Å². The predicted molar refractivity (Wildman–Crippen MR) is 73.8 cm³/mol. The second-order valence-corrected chi connectivity index (χ2v) is 5.96. The maximum Gasteiger partial charge on any atom is 0.326 e. The van der Waals surface area contributed by atoms with Crippen LogP contribution in [0.15, 0.2) is 12.1 Å². The zero-order chi connectivity index (χ0) is 14.7. The van der Waals surface area contributed by atoms with E-state index in [0.29, 0.717) is 24.3 Å². The molecule has 108 valence electrons. The third-order valence-corrected chi connectivity index (χ3v) is 4.22. The van der Waals surface area contributed by atoms with Crippen LogP contribution in [0.1, 0.15) is 27.4 Å². The molecule has 0 saturated carbocycles. The van der Waals surface area contributed by atoms with E-state index in [9.17, 15) is 14.4 Å². The fourth-order valence-corrected chi connectivity index (χ4v) is 3.01. The van der Waals surface area contributed by atoms with Crippen LogP contribution >= 0.6 is 11.3 Å². The minimum Gasteiger partial charge on any atom is -0.480 e. The van der Waals surface area contributed by atoms with Crippen LogP contribution in [0.25, 0.3) is 0 Å². The Morgan fingerprint density at radius 2 is 2.20 bits per heavy atom. The number of thiophene rings is 1. The Morgan fingerprint density at radius 3 is 2.80 bits per heavy atom. The van der Waals surface area contributed by atoms with Crippen LogP contribution in [0.5, 0.6) is 0 Å². The van der Waals surface area contributed by atoms with Gasteiger partial charge in [-0.2, -0.15) is 0 Å². The summed E-state index contributed by atoms with van der Waals surface area (Å²) in [7, 11) is 0. The molecule has 0 unspecified atom stereocenters. The summed E-state index contributed by atoms with van der Waals surface area (Å²) in [6.45, 7) is 2.16. The highest BCUT2D eigenvalue weighted by Gasteiger charge is 2.33. The summed E-state index contributed by atoms with van der Waals surface area (Å²) in [6, 6.07) is 2.78. The number of nitrogens with zero attached hydrogens (tertiary/aromatic N) is 1. The molecule has 1 aliphatic heterocycles. The van der Waals surface area contributed by atoms with Crippen molar-refractivity contribution in [1.82, 2.24) is 10.2 Å². The number of hydrogen-bond donors (Lipinski definition) is 2. The maximum absolute atomic E-state index is 12.0. The number of carbonyl (C=O) groups excluding carboxylic acids is 2. The number of carboxylic acid groups (broad SMARTS) is 1. The van der Waals surface area contributed by atoms with Gasteiger partial charge in [0, 0.05) is 11.4 Å². The van der Waals surface area contributed by atoms with Crippen LogP contribution in [0.3, 0.4) is 0 Å². The van der Waals surface area contributed by atoms with E-state index in [1.54, 1.807) is 6.07 Å². The molecule has 1 atom stereocenters. The Hall–Kier alpha value is -1.89. The molecule has 0 bridgehead atoms.